The lowest BCUT2D eigenvalue weighted by Gasteiger charge is -2.26. The van der Waals surface area contributed by atoms with Crippen LogP contribution in [0.5, 0.6) is 11.5 Å². The lowest BCUT2D eigenvalue weighted by Crippen LogP contribution is -2.18. The van der Waals surface area contributed by atoms with Crippen LogP contribution in [0, 0.1) is 12.7 Å². The van der Waals surface area contributed by atoms with Gasteiger partial charge in [-0.25, -0.2) is 19.0 Å². The molecule has 5 nitrogen and oxygen atoms in total. The largest absolute Gasteiger partial charge is 0.454 e. The molecule has 0 aliphatic heterocycles. The van der Waals surface area contributed by atoms with Crippen molar-refractivity contribution < 1.29 is 9.13 Å². The Balaban J connectivity index is 1.48. The number of rotatable bonds is 5. The molecule has 0 unspecified atom stereocenters. The second-order valence-corrected chi connectivity index (χ2v) is 7.44. The topological polar surface area (TPSA) is 52.8 Å². The Morgan fingerprint density at radius 2 is 1.41 bits per heavy atom. The zero-order valence-electron chi connectivity index (χ0n) is 16.5. The molecule has 4 rings (SSSR count). The summed E-state index contributed by atoms with van der Waals surface area (Å²) in [6.07, 6.45) is 5.38. The van der Waals surface area contributed by atoms with Gasteiger partial charge in [-0.1, -0.05) is 55.8 Å². The molecule has 0 amide bonds. The first-order valence-electron chi connectivity index (χ1n) is 9.30. The third-order valence-electron chi connectivity index (χ3n) is 4.96. The number of nitrogens with zero attached hydrogens (tertiary/aromatic N) is 4. The fourth-order valence-electron chi connectivity index (χ4n) is 3.10. The van der Waals surface area contributed by atoms with E-state index in [9.17, 15) is 4.39 Å². The van der Waals surface area contributed by atoms with Crippen molar-refractivity contribution in [1.82, 2.24) is 19.7 Å². The molecule has 2 aromatic heterocycles. The van der Waals surface area contributed by atoms with Crippen LogP contribution >= 0.6 is 0 Å². The summed E-state index contributed by atoms with van der Waals surface area (Å²) in [6.45, 7) is 6.50. The van der Waals surface area contributed by atoms with E-state index in [1.807, 2.05) is 12.1 Å². The van der Waals surface area contributed by atoms with E-state index in [1.54, 1.807) is 0 Å². The van der Waals surface area contributed by atoms with Gasteiger partial charge in [0.05, 0.1) is 24.8 Å². The van der Waals surface area contributed by atoms with Crippen LogP contribution in [0.25, 0.3) is 5.95 Å². The Bertz CT molecular complexity index is 1100. The summed E-state index contributed by atoms with van der Waals surface area (Å²) in [5.41, 5.74) is 3.59. The zero-order valence-corrected chi connectivity index (χ0v) is 16.5. The molecule has 6 heteroatoms. The van der Waals surface area contributed by atoms with Crippen molar-refractivity contribution in [3.63, 3.8) is 0 Å². The van der Waals surface area contributed by atoms with E-state index in [0.717, 1.165) is 6.20 Å². The molecule has 0 saturated heterocycles. The summed E-state index contributed by atoms with van der Waals surface area (Å²) >= 11 is 0. The number of aromatic nitrogens is 4. The minimum atomic E-state index is -0.442. The van der Waals surface area contributed by atoms with Gasteiger partial charge in [0, 0.05) is 5.41 Å². The van der Waals surface area contributed by atoms with Gasteiger partial charge in [-0.15, -0.1) is 0 Å². The summed E-state index contributed by atoms with van der Waals surface area (Å²) in [6, 6.07) is 16.6. The van der Waals surface area contributed by atoms with E-state index < -0.39 is 5.82 Å². The highest BCUT2D eigenvalue weighted by Gasteiger charge is 2.22. The first kappa shape index (κ1) is 18.8. The van der Waals surface area contributed by atoms with Gasteiger partial charge in [0.25, 0.3) is 5.95 Å². The van der Waals surface area contributed by atoms with Gasteiger partial charge in [0.1, 0.15) is 5.75 Å². The van der Waals surface area contributed by atoms with Crippen LogP contribution in [-0.2, 0) is 5.41 Å². The van der Waals surface area contributed by atoms with Crippen LogP contribution in [0.2, 0.25) is 0 Å². The van der Waals surface area contributed by atoms with Crippen molar-refractivity contribution in [3.8, 4) is 17.4 Å². The van der Waals surface area contributed by atoms with E-state index in [0.29, 0.717) is 11.5 Å². The van der Waals surface area contributed by atoms with Crippen molar-refractivity contribution in [2.75, 3.05) is 0 Å². The van der Waals surface area contributed by atoms with Gasteiger partial charge in [0.2, 0.25) is 0 Å². The van der Waals surface area contributed by atoms with Crippen molar-refractivity contribution in [1.29, 1.82) is 0 Å². The lowest BCUT2D eigenvalue weighted by atomic mass is 9.78. The van der Waals surface area contributed by atoms with Gasteiger partial charge in [-0.2, -0.15) is 5.10 Å². The van der Waals surface area contributed by atoms with Gasteiger partial charge < -0.3 is 4.74 Å². The fraction of sp³-hybridized carbons (Fsp3) is 0.174. The molecule has 0 radical (unpaired) electrons. The van der Waals surface area contributed by atoms with Crippen LogP contribution in [0.15, 0.2) is 73.3 Å². The predicted molar refractivity (Wildman–Crippen MR) is 109 cm³/mol. The summed E-state index contributed by atoms with van der Waals surface area (Å²) in [4.78, 5) is 8.32. The molecule has 0 spiro atoms. The van der Waals surface area contributed by atoms with Crippen LogP contribution in [0.3, 0.4) is 0 Å². The monoisotopic (exact) mass is 388 g/mol. The predicted octanol–water partition coefficient (Wildman–Crippen LogP) is 5.23. The molecule has 0 N–H and O–H groups in total. The quantitative estimate of drug-likeness (QED) is 0.470. The van der Waals surface area contributed by atoms with E-state index in [2.05, 4.69) is 72.2 Å². The maximum absolute atomic E-state index is 13.1. The van der Waals surface area contributed by atoms with Crippen LogP contribution in [0.4, 0.5) is 4.39 Å². The first-order chi connectivity index (χ1) is 13.9. The Hall–Kier alpha value is -3.54. The maximum atomic E-state index is 13.1. The molecule has 4 aromatic rings. The van der Waals surface area contributed by atoms with Crippen LogP contribution in [-0.4, -0.2) is 19.7 Å². The molecule has 2 aromatic carbocycles. The Morgan fingerprint density at radius 1 is 0.828 bits per heavy atom. The lowest BCUT2D eigenvalue weighted by molar-refractivity contribution is 0.476. The maximum Gasteiger partial charge on any atom is 0.250 e. The number of halogens is 1. The highest BCUT2D eigenvalue weighted by atomic mass is 19.1. The highest BCUT2D eigenvalue weighted by molar-refractivity contribution is 5.41. The number of benzene rings is 2. The summed E-state index contributed by atoms with van der Waals surface area (Å²) in [5.74, 6) is 1.01. The first-order valence-corrected chi connectivity index (χ1v) is 9.30. The Morgan fingerprint density at radius 3 is 1.97 bits per heavy atom. The van der Waals surface area contributed by atoms with E-state index in [4.69, 9.17) is 4.74 Å². The molecule has 0 atom stereocenters. The Labute approximate surface area is 168 Å². The Kier molecular flexibility index (Phi) is 4.84. The van der Waals surface area contributed by atoms with E-state index in [1.165, 1.54) is 40.0 Å². The summed E-state index contributed by atoms with van der Waals surface area (Å²) in [5, 5.41) is 3.84. The van der Waals surface area contributed by atoms with Crippen molar-refractivity contribution in [3.05, 3.63) is 95.8 Å². The normalized spacial score (nSPS) is 11.4. The van der Waals surface area contributed by atoms with Gasteiger partial charge in [0.15, 0.2) is 11.6 Å². The molecule has 0 aliphatic rings. The fourth-order valence-corrected chi connectivity index (χ4v) is 3.10. The van der Waals surface area contributed by atoms with Crippen molar-refractivity contribution >= 4 is 0 Å². The number of ether oxygens (including phenoxy) is 1. The standard InChI is InChI=1S/C23H21FN4O/c1-16-4-6-17(7-5-16)23(2,3)18-8-10-20(11-9-18)29-21-13-25-22(26-14-21)28-15-19(24)12-27-28/h4-15H,1-3H3. The third-order valence-corrected chi connectivity index (χ3v) is 4.96. The smallest absolute Gasteiger partial charge is 0.250 e. The molecule has 0 saturated carbocycles. The second-order valence-electron chi connectivity index (χ2n) is 7.44. The second kappa shape index (κ2) is 7.47. The van der Waals surface area contributed by atoms with E-state index >= 15 is 0 Å². The van der Waals surface area contributed by atoms with Crippen molar-refractivity contribution in [2.45, 2.75) is 26.2 Å². The minimum absolute atomic E-state index is 0.115. The van der Waals surface area contributed by atoms with E-state index in [-0.39, 0.29) is 11.4 Å². The van der Waals surface area contributed by atoms with Gasteiger partial charge >= 0.3 is 0 Å². The molecule has 146 valence electrons. The number of aryl methyl sites for hydroxylation is 1. The van der Waals surface area contributed by atoms with Crippen LogP contribution < -0.4 is 4.74 Å². The van der Waals surface area contributed by atoms with Gasteiger partial charge in [-0.05, 0) is 30.2 Å². The molecule has 0 fully saturated rings. The minimum Gasteiger partial charge on any atom is -0.454 e. The molecule has 2 heterocycles. The third kappa shape index (κ3) is 4.01. The molecule has 0 bridgehead atoms. The van der Waals surface area contributed by atoms with Crippen molar-refractivity contribution in [2.24, 2.45) is 0 Å². The average Bonchev–Trinajstić information content (AvgIpc) is 3.16. The molecule has 0 aliphatic carbocycles. The van der Waals surface area contributed by atoms with Gasteiger partial charge in [-0.3, -0.25) is 0 Å². The zero-order chi connectivity index (χ0) is 20.4. The number of hydrogen-bond acceptors (Lipinski definition) is 4. The SMILES string of the molecule is Cc1ccc(C(C)(C)c2ccc(Oc3cnc(-n4cc(F)cn4)nc3)cc2)cc1. The van der Waals surface area contributed by atoms with Crippen LogP contribution in [0.1, 0.15) is 30.5 Å². The molecule has 29 heavy (non-hydrogen) atoms. The summed E-state index contributed by atoms with van der Waals surface area (Å²) < 4.78 is 20.2. The molecular weight excluding hydrogens is 367 g/mol. The molecular formula is C23H21FN4O. The highest BCUT2D eigenvalue weighted by Crippen LogP contribution is 2.33. The average molecular weight is 388 g/mol. The number of hydrogen-bond donors (Lipinski definition) is 0. The summed E-state index contributed by atoms with van der Waals surface area (Å²) in [7, 11) is 0.